The van der Waals surface area contributed by atoms with Gasteiger partial charge in [-0.25, -0.2) is 4.39 Å². The van der Waals surface area contributed by atoms with Crippen molar-refractivity contribution in [2.45, 2.75) is 25.3 Å². The minimum Gasteiger partial charge on any atom is -0.374 e. The predicted molar refractivity (Wildman–Crippen MR) is 55.4 cm³/mol. The van der Waals surface area contributed by atoms with Crippen molar-refractivity contribution in [1.82, 2.24) is 0 Å². The standard InChI is InChI=1S/C12H15FO2/c13-11-6-12(15-8-11)9-14-7-10-4-2-1-3-5-10/h1-5,11-12H,6-9H2/t11-,12+/m1/s1. The summed E-state index contributed by atoms with van der Waals surface area (Å²) in [6, 6.07) is 9.93. The van der Waals surface area contributed by atoms with Crippen LogP contribution in [-0.2, 0) is 16.1 Å². The van der Waals surface area contributed by atoms with Crippen LogP contribution in [0.15, 0.2) is 30.3 Å². The SMILES string of the molecule is F[C@H]1CO[C@H](COCc2ccccc2)C1. The summed E-state index contributed by atoms with van der Waals surface area (Å²) < 4.78 is 23.4. The van der Waals surface area contributed by atoms with Gasteiger partial charge >= 0.3 is 0 Å². The van der Waals surface area contributed by atoms with Crippen molar-refractivity contribution in [2.75, 3.05) is 13.2 Å². The van der Waals surface area contributed by atoms with Gasteiger partial charge in [0, 0.05) is 6.42 Å². The highest BCUT2D eigenvalue weighted by Crippen LogP contribution is 2.16. The molecule has 0 aromatic heterocycles. The third-order valence-electron chi connectivity index (χ3n) is 2.45. The van der Waals surface area contributed by atoms with Gasteiger partial charge in [-0.15, -0.1) is 0 Å². The van der Waals surface area contributed by atoms with Gasteiger partial charge in [0.25, 0.3) is 0 Å². The maximum absolute atomic E-state index is 12.7. The average molecular weight is 210 g/mol. The van der Waals surface area contributed by atoms with Crippen LogP contribution in [0.3, 0.4) is 0 Å². The molecule has 15 heavy (non-hydrogen) atoms. The van der Waals surface area contributed by atoms with Crippen LogP contribution in [0.25, 0.3) is 0 Å². The molecule has 1 aromatic rings. The highest BCUT2D eigenvalue weighted by molar-refractivity contribution is 5.13. The van der Waals surface area contributed by atoms with E-state index >= 15 is 0 Å². The van der Waals surface area contributed by atoms with E-state index in [1.54, 1.807) is 0 Å². The molecule has 0 amide bonds. The first kappa shape index (κ1) is 10.6. The molecule has 0 spiro atoms. The normalized spacial score (nSPS) is 25.7. The molecule has 2 nitrogen and oxygen atoms in total. The smallest absolute Gasteiger partial charge is 0.126 e. The molecule has 0 bridgehead atoms. The maximum Gasteiger partial charge on any atom is 0.126 e. The zero-order valence-corrected chi connectivity index (χ0v) is 8.56. The second-order valence-electron chi connectivity index (χ2n) is 3.79. The number of hydrogen-bond donors (Lipinski definition) is 0. The number of alkyl halides is 1. The van der Waals surface area contributed by atoms with Crippen LogP contribution >= 0.6 is 0 Å². The van der Waals surface area contributed by atoms with Crippen LogP contribution in [0.1, 0.15) is 12.0 Å². The molecule has 0 aliphatic carbocycles. The lowest BCUT2D eigenvalue weighted by Gasteiger charge is -2.09. The maximum atomic E-state index is 12.7. The van der Waals surface area contributed by atoms with Crippen LogP contribution < -0.4 is 0 Å². The summed E-state index contributed by atoms with van der Waals surface area (Å²) in [5, 5.41) is 0. The Hall–Kier alpha value is -0.930. The monoisotopic (exact) mass is 210 g/mol. The molecule has 0 unspecified atom stereocenters. The third-order valence-corrected chi connectivity index (χ3v) is 2.45. The largest absolute Gasteiger partial charge is 0.374 e. The summed E-state index contributed by atoms with van der Waals surface area (Å²) >= 11 is 0. The summed E-state index contributed by atoms with van der Waals surface area (Å²) in [4.78, 5) is 0. The molecule has 1 aliphatic heterocycles. The Bertz CT molecular complexity index is 289. The molecule has 1 aromatic carbocycles. The first-order valence-electron chi connectivity index (χ1n) is 5.22. The lowest BCUT2D eigenvalue weighted by Crippen LogP contribution is -2.14. The van der Waals surface area contributed by atoms with Crippen molar-refractivity contribution < 1.29 is 13.9 Å². The minimum atomic E-state index is -0.810. The lowest BCUT2D eigenvalue weighted by atomic mass is 10.2. The van der Waals surface area contributed by atoms with Crippen molar-refractivity contribution in [2.24, 2.45) is 0 Å². The molecule has 1 heterocycles. The molecule has 82 valence electrons. The van der Waals surface area contributed by atoms with E-state index in [1.165, 1.54) is 0 Å². The summed E-state index contributed by atoms with van der Waals surface area (Å²) in [5.74, 6) is 0. The third kappa shape index (κ3) is 3.29. The summed E-state index contributed by atoms with van der Waals surface area (Å²) in [6.45, 7) is 1.27. The van der Waals surface area contributed by atoms with Crippen LogP contribution in [0.4, 0.5) is 4.39 Å². The summed E-state index contributed by atoms with van der Waals surface area (Å²) in [6.07, 6.45) is -0.409. The fourth-order valence-electron chi connectivity index (χ4n) is 1.66. The van der Waals surface area contributed by atoms with E-state index < -0.39 is 6.17 Å². The second kappa shape index (κ2) is 5.24. The molecular formula is C12H15FO2. The first-order valence-corrected chi connectivity index (χ1v) is 5.22. The molecule has 2 atom stereocenters. The van der Waals surface area contributed by atoms with Gasteiger partial charge in [0.05, 0.1) is 25.9 Å². The molecule has 0 radical (unpaired) electrons. The lowest BCUT2D eigenvalue weighted by molar-refractivity contribution is 0.00967. The van der Waals surface area contributed by atoms with Crippen LogP contribution in [0, 0.1) is 0 Å². The van der Waals surface area contributed by atoms with Gasteiger partial charge in [-0.3, -0.25) is 0 Å². The van der Waals surface area contributed by atoms with E-state index in [0.29, 0.717) is 19.6 Å². The Balaban J connectivity index is 1.67. The van der Waals surface area contributed by atoms with E-state index in [9.17, 15) is 4.39 Å². The fourth-order valence-corrected chi connectivity index (χ4v) is 1.66. The number of halogens is 1. The molecule has 1 saturated heterocycles. The number of benzene rings is 1. The highest BCUT2D eigenvalue weighted by Gasteiger charge is 2.24. The fraction of sp³-hybridized carbons (Fsp3) is 0.500. The summed E-state index contributed by atoms with van der Waals surface area (Å²) in [5.41, 5.74) is 1.13. The average Bonchev–Trinajstić information content (AvgIpc) is 2.66. The highest BCUT2D eigenvalue weighted by atomic mass is 19.1. The molecule has 3 heteroatoms. The van der Waals surface area contributed by atoms with Gasteiger partial charge in [-0.05, 0) is 5.56 Å². The first-order chi connectivity index (χ1) is 7.34. The van der Waals surface area contributed by atoms with Gasteiger partial charge in [0.2, 0.25) is 0 Å². The van der Waals surface area contributed by atoms with Gasteiger partial charge < -0.3 is 9.47 Å². The minimum absolute atomic E-state index is 0.0660. The number of rotatable bonds is 4. The van der Waals surface area contributed by atoms with Crippen LogP contribution in [0.2, 0.25) is 0 Å². The van der Waals surface area contributed by atoms with Crippen molar-refractivity contribution in [3.05, 3.63) is 35.9 Å². The van der Waals surface area contributed by atoms with Crippen molar-refractivity contribution in [1.29, 1.82) is 0 Å². The Labute approximate surface area is 89.0 Å². The van der Waals surface area contributed by atoms with Crippen LogP contribution in [-0.4, -0.2) is 25.5 Å². The van der Waals surface area contributed by atoms with E-state index in [-0.39, 0.29) is 12.7 Å². The van der Waals surface area contributed by atoms with E-state index in [1.807, 2.05) is 30.3 Å². The van der Waals surface area contributed by atoms with E-state index in [2.05, 4.69) is 0 Å². The molecular weight excluding hydrogens is 195 g/mol. The zero-order chi connectivity index (χ0) is 10.5. The quantitative estimate of drug-likeness (QED) is 0.759. The Morgan fingerprint density at radius 3 is 2.80 bits per heavy atom. The molecule has 0 saturated carbocycles. The zero-order valence-electron chi connectivity index (χ0n) is 8.56. The van der Waals surface area contributed by atoms with Crippen molar-refractivity contribution in [3.63, 3.8) is 0 Å². The predicted octanol–water partition coefficient (Wildman–Crippen LogP) is 2.33. The Morgan fingerprint density at radius 1 is 1.33 bits per heavy atom. The van der Waals surface area contributed by atoms with Crippen molar-refractivity contribution in [3.8, 4) is 0 Å². The number of ether oxygens (including phenoxy) is 2. The van der Waals surface area contributed by atoms with Gasteiger partial charge in [0.1, 0.15) is 6.17 Å². The van der Waals surface area contributed by atoms with Gasteiger partial charge in [0.15, 0.2) is 0 Å². The summed E-state index contributed by atoms with van der Waals surface area (Å²) in [7, 11) is 0. The topological polar surface area (TPSA) is 18.5 Å². The second-order valence-corrected chi connectivity index (χ2v) is 3.79. The molecule has 1 fully saturated rings. The van der Waals surface area contributed by atoms with Crippen molar-refractivity contribution >= 4 is 0 Å². The molecule has 2 rings (SSSR count). The van der Waals surface area contributed by atoms with E-state index in [0.717, 1.165) is 5.56 Å². The van der Waals surface area contributed by atoms with Gasteiger partial charge in [-0.1, -0.05) is 30.3 Å². The van der Waals surface area contributed by atoms with Crippen LogP contribution in [0.5, 0.6) is 0 Å². The Morgan fingerprint density at radius 2 is 2.13 bits per heavy atom. The van der Waals surface area contributed by atoms with E-state index in [4.69, 9.17) is 9.47 Å². The molecule has 0 N–H and O–H groups in total. The Kier molecular flexibility index (Phi) is 3.69. The van der Waals surface area contributed by atoms with Gasteiger partial charge in [-0.2, -0.15) is 0 Å². The number of hydrogen-bond acceptors (Lipinski definition) is 2. The molecule has 1 aliphatic rings.